The molecule has 1 fully saturated rings. The lowest BCUT2D eigenvalue weighted by atomic mass is 9.89. The predicted octanol–water partition coefficient (Wildman–Crippen LogP) is 2.22. The van der Waals surface area contributed by atoms with Crippen molar-refractivity contribution in [2.75, 3.05) is 6.61 Å². The summed E-state index contributed by atoms with van der Waals surface area (Å²) in [5, 5.41) is 0. The van der Waals surface area contributed by atoms with E-state index in [0.29, 0.717) is 19.3 Å². The third kappa shape index (κ3) is 3.71. The SMILES string of the molecule is CC(=O)OC[C@H](Cc1ccccc1)N1C(=O)CCC12C=CC(=O)C=C2. The Morgan fingerprint density at radius 2 is 1.88 bits per heavy atom. The van der Waals surface area contributed by atoms with Gasteiger partial charge in [0.2, 0.25) is 5.91 Å². The summed E-state index contributed by atoms with van der Waals surface area (Å²) in [7, 11) is 0. The van der Waals surface area contributed by atoms with Crippen LogP contribution in [0.15, 0.2) is 54.6 Å². The quantitative estimate of drug-likeness (QED) is 0.772. The lowest BCUT2D eigenvalue weighted by Gasteiger charge is -2.40. The lowest BCUT2D eigenvalue weighted by Crippen LogP contribution is -2.52. The number of rotatable bonds is 5. The molecule has 1 aliphatic carbocycles. The summed E-state index contributed by atoms with van der Waals surface area (Å²) < 4.78 is 5.24. The molecule has 2 aliphatic rings. The molecule has 1 spiro atoms. The van der Waals surface area contributed by atoms with Gasteiger partial charge in [0, 0.05) is 13.3 Å². The van der Waals surface area contributed by atoms with Crippen molar-refractivity contribution in [2.45, 2.75) is 37.8 Å². The van der Waals surface area contributed by atoms with Crippen LogP contribution in [0.25, 0.3) is 0 Å². The number of benzene rings is 1. The Morgan fingerprint density at radius 1 is 1.20 bits per heavy atom. The Hall–Kier alpha value is -2.69. The molecule has 1 amide bonds. The van der Waals surface area contributed by atoms with Gasteiger partial charge in [-0.05, 0) is 30.6 Å². The average molecular weight is 339 g/mol. The Bertz CT molecular complexity index is 719. The minimum atomic E-state index is -0.607. The maximum absolute atomic E-state index is 12.6. The molecule has 0 radical (unpaired) electrons. The molecule has 0 unspecified atom stereocenters. The molecular weight excluding hydrogens is 318 g/mol. The van der Waals surface area contributed by atoms with Crippen molar-refractivity contribution in [1.29, 1.82) is 0 Å². The van der Waals surface area contributed by atoms with E-state index in [2.05, 4.69) is 0 Å². The molecule has 0 aromatic heterocycles. The first-order chi connectivity index (χ1) is 12.0. The first-order valence-electron chi connectivity index (χ1n) is 8.42. The number of allylic oxidation sites excluding steroid dienone is 2. The molecular formula is C20H21NO4. The van der Waals surface area contributed by atoms with Gasteiger partial charge in [-0.25, -0.2) is 0 Å². The van der Waals surface area contributed by atoms with E-state index in [1.54, 1.807) is 17.1 Å². The number of hydrogen-bond acceptors (Lipinski definition) is 4. The van der Waals surface area contributed by atoms with Gasteiger partial charge in [-0.2, -0.15) is 0 Å². The molecule has 5 nitrogen and oxygen atoms in total. The number of carbonyl (C=O) groups is 3. The second-order valence-electron chi connectivity index (χ2n) is 6.47. The second kappa shape index (κ2) is 7.05. The van der Waals surface area contributed by atoms with Gasteiger partial charge >= 0.3 is 5.97 Å². The fraction of sp³-hybridized carbons (Fsp3) is 0.350. The Morgan fingerprint density at radius 3 is 2.52 bits per heavy atom. The summed E-state index contributed by atoms with van der Waals surface area (Å²) in [6.07, 6.45) is 8.23. The molecule has 5 heteroatoms. The topological polar surface area (TPSA) is 63.7 Å². The third-order valence-corrected chi connectivity index (χ3v) is 4.69. The Balaban J connectivity index is 1.90. The summed E-state index contributed by atoms with van der Waals surface area (Å²) in [6, 6.07) is 9.51. The van der Waals surface area contributed by atoms with Gasteiger partial charge in [0.1, 0.15) is 6.61 Å². The Labute approximate surface area is 147 Å². The van der Waals surface area contributed by atoms with E-state index >= 15 is 0 Å². The third-order valence-electron chi connectivity index (χ3n) is 4.69. The minimum absolute atomic E-state index is 0.0109. The highest BCUT2D eigenvalue weighted by Gasteiger charge is 2.46. The van der Waals surface area contributed by atoms with Crippen LogP contribution in [0.3, 0.4) is 0 Å². The number of esters is 1. The molecule has 3 rings (SSSR count). The fourth-order valence-electron chi connectivity index (χ4n) is 3.54. The van der Waals surface area contributed by atoms with E-state index in [-0.39, 0.29) is 30.3 Å². The van der Waals surface area contributed by atoms with E-state index in [4.69, 9.17) is 4.74 Å². The zero-order chi connectivity index (χ0) is 17.9. The normalized spacial score (nSPS) is 19.5. The van der Waals surface area contributed by atoms with Gasteiger partial charge in [0.25, 0.3) is 0 Å². The van der Waals surface area contributed by atoms with Crippen LogP contribution in [-0.2, 0) is 25.5 Å². The Kier molecular flexibility index (Phi) is 4.83. The van der Waals surface area contributed by atoms with Crippen LogP contribution >= 0.6 is 0 Å². The van der Waals surface area contributed by atoms with Gasteiger partial charge in [0.05, 0.1) is 11.6 Å². The molecule has 1 atom stereocenters. The first kappa shape index (κ1) is 17.1. The number of hydrogen-bond donors (Lipinski definition) is 0. The smallest absolute Gasteiger partial charge is 0.302 e. The van der Waals surface area contributed by atoms with Crippen LogP contribution in [-0.4, -0.2) is 40.7 Å². The van der Waals surface area contributed by atoms with Crippen molar-refractivity contribution in [3.63, 3.8) is 0 Å². The minimum Gasteiger partial charge on any atom is -0.464 e. The van der Waals surface area contributed by atoms with Gasteiger partial charge in [-0.15, -0.1) is 0 Å². The van der Waals surface area contributed by atoms with E-state index < -0.39 is 5.54 Å². The highest BCUT2D eigenvalue weighted by atomic mass is 16.5. The van der Waals surface area contributed by atoms with Crippen LogP contribution in [0, 0.1) is 0 Å². The average Bonchev–Trinajstić information content (AvgIpc) is 2.92. The summed E-state index contributed by atoms with van der Waals surface area (Å²) >= 11 is 0. The van der Waals surface area contributed by atoms with E-state index in [0.717, 1.165) is 5.56 Å². The monoisotopic (exact) mass is 339 g/mol. The molecule has 1 aromatic rings. The van der Waals surface area contributed by atoms with Crippen molar-refractivity contribution in [3.05, 3.63) is 60.2 Å². The van der Waals surface area contributed by atoms with Gasteiger partial charge in [-0.1, -0.05) is 42.5 Å². The number of carbonyl (C=O) groups excluding carboxylic acids is 3. The molecule has 1 saturated heterocycles. The molecule has 0 bridgehead atoms. The summed E-state index contributed by atoms with van der Waals surface area (Å²) in [4.78, 5) is 37.2. The maximum Gasteiger partial charge on any atom is 0.302 e. The fourth-order valence-corrected chi connectivity index (χ4v) is 3.54. The number of nitrogens with zero attached hydrogens (tertiary/aromatic N) is 1. The van der Waals surface area contributed by atoms with E-state index in [9.17, 15) is 14.4 Å². The number of ketones is 1. The largest absolute Gasteiger partial charge is 0.464 e. The van der Waals surface area contributed by atoms with Crippen LogP contribution in [0.5, 0.6) is 0 Å². The molecule has 1 aliphatic heterocycles. The zero-order valence-electron chi connectivity index (χ0n) is 14.2. The molecule has 130 valence electrons. The van der Waals surface area contributed by atoms with E-state index in [1.165, 1.54) is 19.1 Å². The van der Waals surface area contributed by atoms with Gasteiger partial charge < -0.3 is 9.64 Å². The van der Waals surface area contributed by atoms with Crippen LogP contribution in [0.2, 0.25) is 0 Å². The van der Waals surface area contributed by atoms with Crippen molar-refractivity contribution < 1.29 is 19.1 Å². The maximum atomic E-state index is 12.6. The first-order valence-corrected chi connectivity index (χ1v) is 8.42. The number of amides is 1. The molecule has 0 saturated carbocycles. The highest BCUT2D eigenvalue weighted by molar-refractivity contribution is 6.01. The van der Waals surface area contributed by atoms with Crippen molar-refractivity contribution in [1.82, 2.24) is 4.90 Å². The second-order valence-corrected chi connectivity index (χ2v) is 6.47. The molecule has 25 heavy (non-hydrogen) atoms. The molecule has 1 heterocycles. The van der Waals surface area contributed by atoms with Crippen molar-refractivity contribution in [3.8, 4) is 0 Å². The van der Waals surface area contributed by atoms with Crippen LogP contribution in [0.4, 0.5) is 0 Å². The summed E-state index contributed by atoms with van der Waals surface area (Å²) in [6.45, 7) is 1.49. The van der Waals surface area contributed by atoms with Crippen LogP contribution < -0.4 is 0 Å². The van der Waals surface area contributed by atoms with Crippen molar-refractivity contribution in [2.24, 2.45) is 0 Å². The predicted molar refractivity (Wildman–Crippen MR) is 92.7 cm³/mol. The number of likely N-dealkylation sites (tertiary alicyclic amines) is 1. The summed E-state index contributed by atoms with van der Waals surface area (Å²) in [5.74, 6) is -0.440. The van der Waals surface area contributed by atoms with E-state index in [1.807, 2.05) is 30.3 Å². The summed E-state index contributed by atoms with van der Waals surface area (Å²) in [5.41, 5.74) is 0.458. The molecule has 0 N–H and O–H groups in total. The van der Waals surface area contributed by atoms with Crippen molar-refractivity contribution >= 4 is 17.7 Å². The standard InChI is InChI=1S/C20H21NO4/c1-15(22)25-14-17(13-16-5-3-2-4-6-16)21-19(24)9-12-20(21)10-7-18(23)8-11-20/h2-8,10-11,17H,9,12-14H2,1H3/t17-/m0/s1. The van der Waals surface area contributed by atoms with Gasteiger partial charge in [-0.3, -0.25) is 14.4 Å². The lowest BCUT2D eigenvalue weighted by molar-refractivity contribution is -0.146. The van der Waals surface area contributed by atoms with Crippen LogP contribution in [0.1, 0.15) is 25.3 Å². The van der Waals surface area contributed by atoms with Gasteiger partial charge in [0.15, 0.2) is 5.78 Å². The molecule has 1 aromatic carbocycles. The zero-order valence-corrected chi connectivity index (χ0v) is 14.2. The highest BCUT2D eigenvalue weighted by Crippen LogP contribution is 2.37. The number of ether oxygens (including phenoxy) is 1.